The topological polar surface area (TPSA) is 87.2 Å². The minimum atomic E-state index is -1.14. The van der Waals surface area contributed by atoms with E-state index in [1.165, 1.54) is 6.08 Å². The minimum absolute atomic E-state index is 0.0271. The van der Waals surface area contributed by atoms with Crippen LogP contribution in [-0.2, 0) is 4.79 Å². The number of carbonyl (C=O) groups is 1. The average Bonchev–Trinajstić information content (AvgIpc) is 2.34. The van der Waals surface area contributed by atoms with Gasteiger partial charge in [-0.05, 0) is 18.3 Å². The second-order valence-corrected chi connectivity index (χ2v) is 4.57. The first-order chi connectivity index (χ1) is 8.38. The maximum atomic E-state index is 10.9. The summed E-state index contributed by atoms with van der Waals surface area (Å²) >= 11 is 0. The molecule has 2 unspecified atom stereocenters. The van der Waals surface area contributed by atoms with Crippen molar-refractivity contribution in [3.05, 3.63) is 23.9 Å². The third-order valence-corrected chi connectivity index (χ3v) is 3.49. The fourth-order valence-corrected chi connectivity index (χ4v) is 1.93. The van der Waals surface area contributed by atoms with Gasteiger partial charge >= 0.3 is 5.97 Å². The highest BCUT2D eigenvalue weighted by atomic mass is 16.4. The molecule has 0 aliphatic heterocycles. The second-order valence-electron chi connectivity index (χ2n) is 4.57. The van der Waals surface area contributed by atoms with Gasteiger partial charge in [-0.1, -0.05) is 46.3 Å². The molecule has 0 fully saturated rings. The summed E-state index contributed by atoms with van der Waals surface area (Å²) in [5.41, 5.74) is 5.86. The first-order valence-electron chi connectivity index (χ1n) is 6.32. The average molecular weight is 252 g/mol. The van der Waals surface area contributed by atoms with E-state index in [9.17, 15) is 4.79 Å². The van der Waals surface area contributed by atoms with Crippen molar-refractivity contribution in [2.24, 2.45) is 17.6 Å². The van der Waals surface area contributed by atoms with Gasteiger partial charge in [0.1, 0.15) is 0 Å². The van der Waals surface area contributed by atoms with Gasteiger partial charge in [-0.25, -0.2) is 4.79 Å². The summed E-state index contributed by atoms with van der Waals surface area (Å²) in [6.07, 6.45) is 3.71. The molecule has 0 rings (SSSR count). The van der Waals surface area contributed by atoms with Gasteiger partial charge in [0, 0.05) is 0 Å². The van der Waals surface area contributed by atoms with Gasteiger partial charge in [0.2, 0.25) is 0 Å². The fourth-order valence-electron chi connectivity index (χ4n) is 1.93. The van der Waals surface area contributed by atoms with E-state index < -0.39 is 5.97 Å². The zero-order valence-corrected chi connectivity index (χ0v) is 11.5. The molecule has 0 aromatic rings. The Morgan fingerprint density at radius 2 is 2.00 bits per heavy atom. The summed E-state index contributed by atoms with van der Waals surface area (Å²) in [6, 6.07) is 0. The smallest absolute Gasteiger partial charge is 0.337 e. The van der Waals surface area contributed by atoms with E-state index in [0.29, 0.717) is 18.3 Å². The van der Waals surface area contributed by atoms with Crippen LogP contribution in [0.5, 0.6) is 0 Å². The summed E-state index contributed by atoms with van der Waals surface area (Å²) in [4.78, 5) is 10.9. The van der Waals surface area contributed by atoms with Crippen LogP contribution in [0.25, 0.3) is 0 Å². The van der Waals surface area contributed by atoms with Crippen molar-refractivity contribution in [2.45, 2.75) is 40.0 Å². The molecule has 0 aliphatic rings. The Labute approximate surface area is 109 Å². The van der Waals surface area contributed by atoms with Gasteiger partial charge in [0.15, 0.2) is 0 Å². The molecule has 0 heterocycles. The number of nitrogens with one attached hydrogen (secondary N) is 1. The van der Waals surface area contributed by atoms with Crippen molar-refractivity contribution in [3.63, 3.8) is 0 Å². The molecule has 0 radical (unpaired) electrons. The molecule has 0 bridgehead atoms. The standard InChI is InChI=1S/C14H24N2O2/c1-5-9(4)10(6-2)8-12(15)13(16)11(7-3)14(17)18/h7,9-10,15H,3,5-6,8,16H2,1-2,4H3,(H,17,18)/b13-11-,15-12?. The summed E-state index contributed by atoms with van der Waals surface area (Å²) < 4.78 is 0. The maximum absolute atomic E-state index is 10.9. The van der Waals surface area contributed by atoms with Crippen LogP contribution in [0, 0.1) is 17.2 Å². The van der Waals surface area contributed by atoms with E-state index in [0.717, 1.165) is 12.8 Å². The zero-order chi connectivity index (χ0) is 14.3. The Bertz CT molecular complexity index is 359. The fraction of sp³-hybridized carbons (Fsp3) is 0.571. The molecule has 0 saturated heterocycles. The summed E-state index contributed by atoms with van der Waals surface area (Å²) in [5, 5.41) is 16.9. The highest BCUT2D eigenvalue weighted by molar-refractivity contribution is 6.05. The van der Waals surface area contributed by atoms with Crippen molar-refractivity contribution in [2.75, 3.05) is 0 Å². The quantitative estimate of drug-likeness (QED) is 0.352. The lowest BCUT2D eigenvalue weighted by Gasteiger charge is -2.22. The zero-order valence-electron chi connectivity index (χ0n) is 11.5. The number of hydrogen-bond donors (Lipinski definition) is 3. The molecule has 0 aromatic heterocycles. The molecule has 18 heavy (non-hydrogen) atoms. The Hall–Kier alpha value is -1.58. The lowest BCUT2D eigenvalue weighted by Crippen LogP contribution is -2.22. The van der Waals surface area contributed by atoms with Gasteiger partial charge in [-0.2, -0.15) is 0 Å². The Kier molecular flexibility index (Phi) is 7.01. The van der Waals surface area contributed by atoms with Gasteiger partial charge in [-0.3, -0.25) is 0 Å². The molecule has 2 atom stereocenters. The Morgan fingerprint density at radius 3 is 2.33 bits per heavy atom. The first-order valence-corrected chi connectivity index (χ1v) is 6.32. The van der Waals surface area contributed by atoms with Gasteiger partial charge in [0.05, 0.1) is 17.0 Å². The van der Waals surface area contributed by atoms with Crippen LogP contribution in [0.15, 0.2) is 23.9 Å². The third kappa shape index (κ3) is 4.35. The van der Waals surface area contributed by atoms with Crippen LogP contribution in [0.4, 0.5) is 0 Å². The van der Waals surface area contributed by atoms with Crippen LogP contribution in [0.3, 0.4) is 0 Å². The number of carboxylic acid groups (broad SMARTS) is 1. The van der Waals surface area contributed by atoms with Crippen LogP contribution in [0.2, 0.25) is 0 Å². The van der Waals surface area contributed by atoms with Crippen LogP contribution in [-0.4, -0.2) is 16.8 Å². The maximum Gasteiger partial charge on any atom is 0.337 e. The van der Waals surface area contributed by atoms with E-state index in [1.807, 2.05) is 0 Å². The molecule has 4 heteroatoms. The molecule has 0 aromatic carbocycles. The first kappa shape index (κ1) is 16.4. The lowest BCUT2D eigenvalue weighted by molar-refractivity contribution is -0.132. The predicted octanol–water partition coefficient (Wildman–Crippen LogP) is 2.95. The van der Waals surface area contributed by atoms with Crippen LogP contribution in [0.1, 0.15) is 40.0 Å². The number of nitrogens with two attached hydrogens (primary N) is 1. The molecule has 0 spiro atoms. The van der Waals surface area contributed by atoms with Crippen molar-refractivity contribution < 1.29 is 9.90 Å². The Balaban J connectivity index is 4.95. The SMILES string of the molecule is C=C/C(C(=O)O)=C(/N)C(=N)CC(CC)C(C)CC. The van der Waals surface area contributed by atoms with Crippen molar-refractivity contribution >= 4 is 11.7 Å². The Morgan fingerprint density at radius 1 is 1.44 bits per heavy atom. The minimum Gasteiger partial charge on any atom is -0.478 e. The predicted molar refractivity (Wildman–Crippen MR) is 74.6 cm³/mol. The van der Waals surface area contributed by atoms with Gasteiger partial charge < -0.3 is 16.2 Å². The second kappa shape index (κ2) is 7.69. The van der Waals surface area contributed by atoms with Crippen molar-refractivity contribution in [1.29, 1.82) is 5.41 Å². The summed E-state index contributed by atoms with van der Waals surface area (Å²) in [7, 11) is 0. The summed E-state index contributed by atoms with van der Waals surface area (Å²) in [6.45, 7) is 9.76. The van der Waals surface area contributed by atoms with E-state index in [1.54, 1.807) is 0 Å². The van der Waals surface area contributed by atoms with E-state index >= 15 is 0 Å². The number of carboxylic acids is 1. The monoisotopic (exact) mass is 252 g/mol. The van der Waals surface area contributed by atoms with Crippen molar-refractivity contribution in [1.82, 2.24) is 0 Å². The van der Waals surface area contributed by atoms with E-state index in [-0.39, 0.29) is 17.0 Å². The largest absolute Gasteiger partial charge is 0.478 e. The van der Waals surface area contributed by atoms with Crippen LogP contribution < -0.4 is 5.73 Å². The summed E-state index contributed by atoms with van der Waals surface area (Å²) in [5.74, 6) is -0.273. The molecule has 4 nitrogen and oxygen atoms in total. The molecule has 0 saturated carbocycles. The van der Waals surface area contributed by atoms with E-state index in [4.69, 9.17) is 16.2 Å². The van der Waals surface area contributed by atoms with E-state index in [2.05, 4.69) is 27.4 Å². The molecular weight excluding hydrogens is 228 g/mol. The molecule has 0 aliphatic carbocycles. The molecule has 102 valence electrons. The van der Waals surface area contributed by atoms with Gasteiger partial charge in [-0.15, -0.1) is 0 Å². The number of aliphatic carboxylic acids is 1. The van der Waals surface area contributed by atoms with Crippen molar-refractivity contribution in [3.8, 4) is 0 Å². The highest BCUT2D eigenvalue weighted by Crippen LogP contribution is 2.23. The molecule has 4 N–H and O–H groups in total. The number of rotatable bonds is 8. The third-order valence-electron chi connectivity index (χ3n) is 3.49. The lowest BCUT2D eigenvalue weighted by atomic mass is 9.84. The molecule has 0 amide bonds. The molecular formula is C14H24N2O2. The number of allylic oxidation sites excluding steroid dienone is 1. The number of hydrogen-bond acceptors (Lipinski definition) is 3. The normalized spacial score (nSPS) is 15.5. The van der Waals surface area contributed by atoms with Crippen LogP contribution >= 0.6 is 0 Å². The highest BCUT2D eigenvalue weighted by Gasteiger charge is 2.19. The van der Waals surface area contributed by atoms with Gasteiger partial charge in [0.25, 0.3) is 0 Å².